The van der Waals surface area contributed by atoms with Gasteiger partial charge in [-0.2, -0.15) is 0 Å². The fourth-order valence-electron chi connectivity index (χ4n) is 4.10. The Bertz CT molecular complexity index is 1260. The van der Waals surface area contributed by atoms with Gasteiger partial charge in [0, 0.05) is 23.1 Å². The van der Waals surface area contributed by atoms with Crippen molar-refractivity contribution >= 4 is 39.6 Å². The minimum Gasteiger partial charge on any atom is -0.479 e. The summed E-state index contributed by atoms with van der Waals surface area (Å²) in [5.41, 5.74) is 5.78. The number of aryl methyl sites for hydroxylation is 1. The minimum absolute atomic E-state index is 0.0728. The van der Waals surface area contributed by atoms with Crippen LogP contribution >= 0.6 is 15.9 Å². The molecule has 3 aromatic rings. The Morgan fingerprint density at radius 3 is 2.23 bits per heavy atom. The van der Waals surface area contributed by atoms with Gasteiger partial charge in [-0.25, -0.2) is 14.7 Å². The summed E-state index contributed by atoms with van der Waals surface area (Å²) in [6, 6.07) is 19.3. The van der Waals surface area contributed by atoms with Crippen LogP contribution in [-0.2, 0) is 14.4 Å². The highest BCUT2D eigenvalue weighted by Crippen LogP contribution is 2.44. The van der Waals surface area contributed by atoms with Crippen LogP contribution in [0.2, 0.25) is 0 Å². The monoisotopic (exact) mass is 538 g/mol. The maximum Gasteiger partial charge on any atom is 0.411 e. The molecule has 0 aliphatic heterocycles. The summed E-state index contributed by atoms with van der Waals surface area (Å²) in [7, 11) is 1.32. The van der Waals surface area contributed by atoms with Crippen LogP contribution < -0.4 is 5.32 Å². The van der Waals surface area contributed by atoms with Crippen LogP contribution in [0.15, 0.2) is 65.1 Å². The highest BCUT2D eigenvalue weighted by molar-refractivity contribution is 9.10. The molecular formula is C26H23BrN2O6. The number of hydrogen-bond donors (Lipinski definition) is 2. The quantitative estimate of drug-likeness (QED) is 0.400. The van der Waals surface area contributed by atoms with Gasteiger partial charge < -0.3 is 9.84 Å². The fraction of sp³-hybridized carbons (Fsp3) is 0.192. The number of aliphatic carboxylic acids is 1. The highest BCUT2D eigenvalue weighted by Gasteiger charge is 2.29. The predicted octanol–water partition coefficient (Wildman–Crippen LogP) is 5.21. The summed E-state index contributed by atoms with van der Waals surface area (Å²) in [6.45, 7) is 1.28. The van der Waals surface area contributed by atoms with Gasteiger partial charge in [0.2, 0.25) is 0 Å². The number of hydroxylamine groups is 2. The number of anilines is 1. The number of fused-ring (bicyclic) bond motifs is 3. The molecule has 0 radical (unpaired) electrons. The van der Waals surface area contributed by atoms with E-state index < -0.39 is 24.6 Å². The number of nitrogens with one attached hydrogen (secondary N) is 1. The molecule has 0 saturated heterocycles. The number of halogens is 1. The Labute approximate surface area is 210 Å². The molecule has 180 valence electrons. The van der Waals surface area contributed by atoms with E-state index in [0.29, 0.717) is 15.7 Å². The number of hydrogen-bond acceptors (Lipinski definition) is 5. The molecule has 0 heterocycles. The fourth-order valence-corrected chi connectivity index (χ4v) is 4.72. The van der Waals surface area contributed by atoms with Crippen LogP contribution in [0.5, 0.6) is 0 Å². The number of rotatable bonds is 7. The number of carbonyl (C=O) groups excluding carboxylic acids is 2. The highest BCUT2D eigenvalue weighted by atomic mass is 79.9. The Morgan fingerprint density at radius 1 is 1.03 bits per heavy atom. The van der Waals surface area contributed by atoms with Crippen LogP contribution in [0.25, 0.3) is 11.1 Å². The van der Waals surface area contributed by atoms with Gasteiger partial charge in [0.15, 0.2) is 6.61 Å². The molecular weight excluding hydrogens is 516 g/mol. The molecule has 0 fully saturated rings. The molecule has 8 nitrogen and oxygen atoms in total. The van der Waals surface area contributed by atoms with Gasteiger partial charge in [-0.05, 0) is 62.8 Å². The second-order valence-electron chi connectivity index (χ2n) is 8.07. The van der Waals surface area contributed by atoms with Gasteiger partial charge in [-0.1, -0.05) is 48.5 Å². The Kier molecular flexibility index (Phi) is 7.18. The average molecular weight is 539 g/mol. The van der Waals surface area contributed by atoms with Gasteiger partial charge in [0.05, 0.1) is 5.56 Å². The second kappa shape index (κ2) is 10.3. The third kappa shape index (κ3) is 5.21. The predicted molar refractivity (Wildman–Crippen MR) is 133 cm³/mol. The van der Waals surface area contributed by atoms with Crippen molar-refractivity contribution in [1.82, 2.24) is 5.06 Å². The second-order valence-corrected chi connectivity index (χ2v) is 8.92. The number of carboxylic acid groups (broad SMARTS) is 1. The SMILES string of the molecule is Cc1cc(Br)c(C(=O)N(C)OCC(=O)O)cc1NC(=O)OCC1c2ccccc2-c2ccccc21. The summed E-state index contributed by atoms with van der Waals surface area (Å²) in [5, 5.41) is 12.3. The number of carboxylic acids is 1. The van der Waals surface area contributed by atoms with Crippen molar-refractivity contribution in [3.8, 4) is 11.1 Å². The van der Waals surface area contributed by atoms with Crippen molar-refractivity contribution in [2.24, 2.45) is 0 Å². The molecule has 1 aliphatic carbocycles. The number of benzene rings is 3. The number of carbonyl (C=O) groups is 3. The Hall–Kier alpha value is -3.69. The van der Waals surface area contributed by atoms with E-state index in [1.807, 2.05) is 36.4 Å². The molecule has 1 aliphatic rings. The van der Waals surface area contributed by atoms with Gasteiger partial charge in [-0.3, -0.25) is 14.9 Å². The van der Waals surface area contributed by atoms with Crippen LogP contribution in [-0.4, -0.2) is 48.4 Å². The van der Waals surface area contributed by atoms with Crippen molar-refractivity contribution in [3.63, 3.8) is 0 Å². The third-order valence-corrected chi connectivity index (χ3v) is 6.45. The number of nitrogens with zero attached hydrogens (tertiary/aromatic N) is 1. The largest absolute Gasteiger partial charge is 0.479 e. The molecule has 2 N–H and O–H groups in total. The van der Waals surface area contributed by atoms with E-state index in [9.17, 15) is 14.4 Å². The molecule has 2 amide bonds. The van der Waals surface area contributed by atoms with Gasteiger partial charge >= 0.3 is 12.1 Å². The summed E-state index contributed by atoms with van der Waals surface area (Å²) < 4.78 is 6.07. The molecule has 0 aromatic heterocycles. The van der Waals surface area contributed by atoms with E-state index in [4.69, 9.17) is 14.7 Å². The summed E-state index contributed by atoms with van der Waals surface area (Å²) in [6.07, 6.45) is -0.647. The lowest BCUT2D eigenvalue weighted by Crippen LogP contribution is -2.30. The first-order chi connectivity index (χ1) is 16.8. The van der Waals surface area contributed by atoms with Crippen LogP contribution in [0, 0.1) is 6.92 Å². The zero-order chi connectivity index (χ0) is 25.1. The number of amides is 2. The first kappa shape index (κ1) is 24.4. The van der Waals surface area contributed by atoms with Gasteiger partial charge in [0.25, 0.3) is 5.91 Å². The first-order valence-electron chi connectivity index (χ1n) is 10.8. The van der Waals surface area contributed by atoms with E-state index in [2.05, 4.69) is 33.4 Å². The summed E-state index contributed by atoms with van der Waals surface area (Å²) in [5.74, 6) is -1.85. The molecule has 35 heavy (non-hydrogen) atoms. The summed E-state index contributed by atoms with van der Waals surface area (Å²) >= 11 is 3.34. The topological polar surface area (TPSA) is 105 Å². The lowest BCUT2D eigenvalue weighted by molar-refractivity contribution is -0.159. The van der Waals surface area contributed by atoms with Crippen molar-refractivity contribution in [1.29, 1.82) is 0 Å². The van der Waals surface area contributed by atoms with E-state index in [0.717, 1.165) is 27.3 Å². The number of ether oxygens (including phenoxy) is 1. The van der Waals surface area contributed by atoms with E-state index in [-0.39, 0.29) is 18.1 Å². The molecule has 0 atom stereocenters. The molecule has 0 saturated carbocycles. The molecule has 0 spiro atoms. The zero-order valence-electron chi connectivity index (χ0n) is 19.1. The van der Waals surface area contributed by atoms with E-state index in [1.54, 1.807) is 13.0 Å². The standard InChI is InChI=1S/C26H23BrN2O6/c1-15-11-22(27)20(25(32)29(2)35-14-24(30)31)12-23(15)28-26(33)34-13-21-18-9-5-3-7-16(18)17-8-4-6-10-19(17)21/h3-12,21H,13-14H2,1-2H3,(H,28,33)(H,30,31). The average Bonchev–Trinajstić information content (AvgIpc) is 3.16. The zero-order valence-corrected chi connectivity index (χ0v) is 20.7. The van der Waals surface area contributed by atoms with Crippen LogP contribution in [0.4, 0.5) is 10.5 Å². The van der Waals surface area contributed by atoms with Crippen molar-refractivity contribution < 1.29 is 29.1 Å². The third-order valence-electron chi connectivity index (χ3n) is 5.79. The van der Waals surface area contributed by atoms with Crippen LogP contribution in [0.3, 0.4) is 0 Å². The molecule has 9 heteroatoms. The van der Waals surface area contributed by atoms with Crippen molar-refractivity contribution in [2.45, 2.75) is 12.8 Å². The molecule has 0 bridgehead atoms. The van der Waals surface area contributed by atoms with E-state index >= 15 is 0 Å². The Balaban J connectivity index is 1.47. The maximum atomic E-state index is 12.7. The smallest absolute Gasteiger partial charge is 0.411 e. The maximum absolute atomic E-state index is 12.7. The minimum atomic E-state index is -1.20. The van der Waals surface area contributed by atoms with Gasteiger partial charge in [-0.15, -0.1) is 0 Å². The lowest BCUT2D eigenvalue weighted by atomic mass is 9.98. The van der Waals surface area contributed by atoms with Crippen LogP contribution in [0.1, 0.15) is 33.0 Å². The van der Waals surface area contributed by atoms with E-state index in [1.165, 1.54) is 13.1 Å². The first-order valence-corrected chi connectivity index (χ1v) is 11.6. The summed E-state index contributed by atoms with van der Waals surface area (Å²) in [4.78, 5) is 41.0. The molecule has 4 rings (SSSR count). The normalized spacial score (nSPS) is 12.0. The molecule has 3 aromatic carbocycles. The van der Waals surface area contributed by atoms with Crippen molar-refractivity contribution in [3.05, 3.63) is 87.4 Å². The molecule has 0 unspecified atom stereocenters. The van der Waals surface area contributed by atoms with Crippen molar-refractivity contribution in [2.75, 3.05) is 25.6 Å². The lowest BCUT2D eigenvalue weighted by Gasteiger charge is -2.18. The van der Waals surface area contributed by atoms with Gasteiger partial charge in [0.1, 0.15) is 6.61 Å². The Morgan fingerprint density at radius 2 is 1.63 bits per heavy atom.